The van der Waals surface area contributed by atoms with Crippen molar-refractivity contribution in [3.63, 3.8) is 0 Å². The number of piperidine rings is 1. The molecule has 2 aliphatic rings. The Bertz CT molecular complexity index is 510. The van der Waals surface area contributed by atoms with Crippen molar-refractivity contribution in [2.45, 2.75) is 25.4 Å². The van der Waals surface area contributed by atoms with Gasteiger partial charge in [-0.2, -0.15) is 0 Å². The number of fused-ring (bicyclic) bond motifs is 1. The summed E-state index contributed by atoms with van der Waals surface area (Å²) in [5.74, 6) is 0.939. The van der Waals surface area contributed by atoms with E-state index in [2.05, 4.69) is 10.2 Å². The molecule has 0 radical (unpaired) electrons. The number of amides is 1. The van der Waals surface area contributed by atoms with Crippen molar-refractivity contribution in [2.75, 3.05) is 38.7 Å². The van der Waals surface area contributed by atoms with Gasteiger partial charge in [0.1, 0.15) is 11.9 Å². The molecule has 5 heteroatoms. The molecule has 1 aromatic rings. The molecule has 0 atom stereocenters. The quantitative estimate of drug-likeness (QED) is 0.896. The van der Waals surface area contributed by atoms with E-state index in [0.717, 1.165) is 56.1 Å². The van der Waals surface area contributed by atoms with Crippen LogP contribution in [0, 0.1) is 0 Å². The van der Waals surface area contributed by atoms with Crippen LogP contribution in [0.2, 0.25) is 0 Å². The van der Waals surface area contributed by atoms with Gasteiger partial charge in [-0.3, -0.25) is 4.79 Å². The van der Waals surface area contributed by atoms with Crippen LogP contribution < -0.4 is 10.1 Å². The fourth-order valence-electron chi connectivity index (χ4n) is 2.94. The monoisotopic (exact) mass is 290 g/mol. The van der Waals surface area contributed by atoms with Crippen molar-refractivity contribution in [1.29, 1.82) is 0 Å². The van der Waals surface area contributed by atoms with Gasteiger partial charge in [-0.25, -0.2) is 0 Å². The predicted octanol–water partition coefficient (Wildman–Crippen LogP) is 1.67. The smallest absolute Gasteiger partial charge is 0.228 e. The van der Waals surface area contributed by atoms with Gasteiger partial charge in [-0.05, 0) is 36.6 Å². The lowest BCUT2D eigenvalue weighted by Crippen LogP contribution is -2.39. The minimum Gasteiger partial charge on any atom is -0.490 e. The molecule has 0 spiro atoms. The Balaban J connectivity index is 1.52. The maximum atomic E-state index is 11.4. The van der Waals surface area contributed by atoms with Gasteiger partial charge in [0.2, 0.25) is 5.91 Å². The SMILES string of the molecule is COCCN1CCC(Oc2ccc3c(c2)CC(=O)N3)CC1. The van der Waals surface area contributed by atoms with Crippen molar-refractivity contribution in [2.24, 2.45) is 0 Å². The highest BCUT2D eigenvalue weighted by Gasteiger charge is 2.22. The zero-order valence-electron chi connectivity index (χ0n) is 12.4. The highest BCUT2D eigenvalue weighted by atomic mass is 16.5. The van der Waals surface area contributed by atoms with Gasteiger partial charge in [-0.15, -0.1) is 0 Å². The number of benzene rings is 1. The summed E-state index contributed by atoms with van der Waals surface area (Å²) in [7, 11) is 1.74. The fraction of sp³-hybridized carbons (Fsp3) is 0.562. The van der Waals surface area contributed by atoms with E-state index in [-0.39, 0.29) is 12.0 Å². The van der Waals surface area contributed by atoms with E-state index in [1.165, 1.54) is 0 Å². The standard InChI is InChI=1S/C16H22N2O3/c1-20-9-8-18-6-4-13(5-7-18)21-14-2-3-15-12(10-14)11-16(19)17-15/h2-3,10,13H,4-9,11H2,1H3,(H,17,19). The number of anilines is 1. The van der Waals surface area contributed by atoms with Crippen LogP contribution >= 0.6 is 0 Å². The third kappa shape index (κ3) is 3.54. The predicted molar refractivity (Wildman–Crippen MR) is 80.7 cm³/mol. The molecule has 0 unspecified atom stereocenters. The van der Waals surface area contributed by atoms with E-state index in [4.69, 9.17) is 9.47 Å². The summed E-state index contributed by atoms with van der Waals surface area (Å²) >= 11 is 0. The van der Waals surface area contributed by atoms with Crippen LogP contribution in [0.4, 0.5) is 5.69 Å². The molecule has 21 heavy (non-hydrogen) atoms. The Morgan fingerprint density at radius 1 is 1.33 bits per heavy atom. The summed E-state index contributed by atoms with van der Waals surface area (Å²) in [5, 5.41) is 2.84. The highest BCUT2D eigenvalue weighted by Crippen LogP contribution is 2.28. The maximum Gasteiger partial charge on any atom is 0.228 e. The van der Waals surface area contributed by atoms with E-state index in [1.54, 1.807) is 7.11 Å². The zero-order valence-corrected chi connectivity index (χ0v) is 12.4. The summed E-state index contributed by atoms with van der Waals surface area (Å²) in [4.78, 5) is 13.8. The molecule has 5 nitrogen and oxygen atoms in total. The first-order valence-corrected chi connectivity index (χ1v) is 7.55. The van der Waals surface area contributed by atoms with E-state index in [9.17, 15) is 4.79 Å². The van der Waals surface area contributed by atoms with Gasteiger partial charge >= 0.3 is 0 Å². The molecule has 1 saturated heterocycles. The van der Waals surface area contributed by atoms with Gasteiger partial charge < -0.3 is 19.7 Å². The molecular formula is C16H22N2O3. The molecule has 1 aromatic carbocycles. The topological polar surface area (TPSA) is 50.8 Å². The lowest BCUT2D eigenvalue weighted by molar-refractivity contribution is -0.115. The van der Waals surface area contributed by atoms with Crippen LogP contribution in [0.15, 0.2) is 18.2 Å². The molecular weight excluding hydrogens is 268 g/mol. The fourth-order valence-corrected chi connectivity index (χ4v) is 2.94. The zero-order chi connectivity index (χ0) is 14.7. The Hall–Kier alpha value is -1.59. The second-order valence-corrected chi connectivity index (χ2v) is 5.70. The van der Waals surface area contributed by atoms with Gasteiger partial charge in [0.05, 0.1) is 13.0 Å². The minimum absolute atomic E-state index is 0.0635. The van der Waals surface area contributed by atoms with Crippen LogP contribution in [-0.2, 0) is 16.0 Å². The second kappa shape index (κ2) is 6.45. The van der Waals surface area contributed by atoms with Crippen molar-refractivity contribution in [3.05, 3.63) is 23.8 Å². The third-order valence-corrected chi connectivity index (χ3v) is 4.15. The van der Waals surface area contributed by atoms with Gasteiger partial charge in [0.25, 0.3) is 0 Å². The number of carbonyl (C=O) groups is 1. The van der Waals surface area contributed by atoms with E-state index in [1.807, 2.05) is 18.2 Å². The van der Waals surface area contributed by atoms with E-state index < -0.39 is 0 Å². The number of hydrogen-bond acceptors (Lipinski definition) is 4. The van der Waals surface area contributed by atoms with Crippen LogP contribution in [-0.4, -0.2) is 50.3 Å². The van der Waals surface area contributed by atoms with E-state index in [0.29, 0.717) is 6.42 Å². The number of likely N-dealkylation sites (tertiary alicyclic amines) is 1. The average Bonchev–Trinajstić information content (AvgIpc) is 2.86. The van der Waals surface area contributed by atoms with Gasteiger partial charge in [0, 0.05) is 32.4 Å². The Morgan fingerprint density at radius 3 is 2.90 bits per heavy atom. The molecule has 0 aromatic heterocycles. The van der Waals surface area contributed by atoms with E-state index >= 15 is 0 Å². The van der Waals surface area contributed by atoms with Crippen molar-refractivity contribution in [3.8, 4) is 5.75 Å². The molecule has 114 valence electrons. The first-order valence-electron chi connectivity index (χ1n) is 7.55. The van der Waals surface area contributed by atoms with Crippen LogP contribution in [0.1, 0.15) is 18.4 Å². The number of ether oxygens (including phenoxy) is 2. The van der Waals surface area contributed by atoms with Gasteiger partial charge in [-0.1, -0.05) is 0 Å². The lowest BCUT2D eigenvalue weighted by Gasteiger charge is -2.32. The number of carbonyl (C=O) groups excluding carboxylic acids is 1. The number of rotatable bonds is 5. The molecule has 0 aliphatic carbocycles. The molecule has 1 amide bonds. The first-order chi connectivity index (χ1) is 10.2. The third-order valence-electron chi connectivity index (χ3n) is 4.15. The molecule has 1 fully saturated rings. The van der Waals surface area contributed by atoms with Crippen LogP contribution in [0.25, 0.3) is 0 Å². The first kappa shape index (κ1) is 14.4. The minimum atomic E-state index is 0.0635. The molecule has 1 N–H and O–H groups in total. The molecule has 0 saturated carbocycles. The summed E-state index contributed by atoms with van der Waals surface area (Å²) in [6, 6.07) is 5.87. The molecule has 2 aliphatic heterocycles. The normalized spacial score (nSPS) is 19.4. The number of nitrogens with zero attached hydrogens (tertiary/aromatic N) is 1. The highest BCUT2D eigenvalue weighted by molar-refractivity contribution is 5.99. The summed E-state index contributed by atoms with van der Waals surface area (Å²) in [5.41, 5.74) is 1.96. The summed E-state index contributed by atoms with van der Waals surface area (Å²) in [6.07, 6.45) is 2.81. The van der Waals surface area contributed by atoms with Crippen molar-refractivity contribution in [1.82, 2.24) is 4.90 Å². The molecule has 2 heterocycles. The Labute approximate surface area is 125 Å². The van der Waals surface area contributed by atoms with Crippen LogP contribution in [0.5, 0.6) is 5.75 Å². The maximum absolute atomic E-state index is 11.4. The second-order valence-electron chi connectivity index (χ2n) is 5.70. The van der Waals surface area contributed by atoms with Crippen LogP contribution in [0.3, 0.4) is 0 Å². The van der Waals surface area contributed by atoms with Crippen molar-refractivity contribution < 1.29 is 14.3 Å². The average molecular weight is 290 g/mol. The van der Waals surface area contributed by atoms with Crippen molar-refractivity contribution >= 4 is 11.6 Å². The number of nitrogens with one attached hydrogen (secondary N) is 1. The number of methoxy groups -OCH3 is 1. The summed E-state index contributed by atoms with van der Waals surface area (Å²) in [6.45, 7) is 3.89. The largest absolute Gasteiger partial charge is 0.490 e. The Morgan fingerprint density at radius 2 is 2.14 bits per heavy atom. The number of hydrogen-bond donors (Lipinski definition) is 1. The Kier molecular flexibility index (Phi) is 4.41. The molecule has 3 rings (SSSR count). The summed E-state index contributed by atoms with van der Waals surface area (Å²) < 4.78 is 11.2. The van der Waals surface area contributed by atoms with Gasteiger partial charge in [0.15, 0.2) is 0 Å². The molecule has 0 bridgehead atoms. The lowest BCUT2D eigenvalue weighted by atomic mass is 10.1.